The van der Waals surface area contributed by atoms with Crippen molar-refractivity contribution in [1.29, 1.82) is 0 Å². The molecular formula is C13H11ClNNaO2. The molecule has 0 amide bonds. The maximum atomic E-state index is 11.1. The molecular weight excluding hydrogens is 261 g/mol. The van der Waals surface area contributed by atoms with E-state index in [0.717, 1.165) is 42.0 Å². The summed E-state index contributed by atoms with van der Waals surface area (Å²) in [6, 6.07) is 13.7. The molecule has 0 spiro atoms. The van der Waals surface area contributed by atoms with Gasteiger partial charge in [0.1, 0.15) is 0 Å². The standard InChI is InChI=1S/C13H10NO2.ClH.Na/c15-13(16)14-9-5-4-8-12(14)10-11-6-2-1-3-7-11;;/h1-7,9H,10H2;1H;. The quantitative estimate of drug-likeness (QED) is 0.502. The van der Waals surface area contributed by atoms with E-state index in [4.69, 9.17) is 5.11 Å². The van der Waals surface area contributed by atoms with Crippen molar-refractivity contribution < 1.29 is 26.9 Å². The smallest absolute Gasteiger partial charge is 1.00 e. The van der Waals surface area contributed by atoms with Crippen LogP contribution in [-0.4, -0.2) is 39.1 Å². The molecule has 2 aromatic rings. The van der Waals surface area contributed by atoms with E-state index >= 15 is 0 Å². The van der Waals surface area contributed by atoms with Crippen LogP contribution in [0.2, 0.25) is 0 Å². The van der Waals surface area contributed by atoms with E-state index in [1.54, 1.807) is 12.3 Å². The van der Waals surface area contributed by atoms with Gasteiger partial charge in [-0.25, -0.2) is 0 Å². The average Bonchev–Trinajstić information content (AvgIpc) is 2.33. The zero-order chi connectivity index (χ0) is 12.3. The van der Waals surface area contributed by atoms with Crippen molar-refractivity contribution in [1.82, 2.24) is 0 Å². The fourth-order valence-electron chi connectivity index (χ4n) is 1.84. The average molecular weight is 272 g/mol. The van der Waals surface area contributed by atoms with Gasteiger partial charge in [0.25, 0.3) is 0 Å². The van der Waals surface area contributed by atoms with Crippen molar-refractivity contribution in [3.05, 3.63) is 59.9 Å². The number of halogens is 1. The summed E-state index contributed by atoms with van der Waals surface area (Å²) in [5, 5.41) is 9.15. The SMILES string of the molecule is O=C(O)[n+]1ccc[c]([Na])c1Cc1ccccc1.[Cl-]. The second-order valence-corrected chi connectivity index (χ2v) is 5.03. The zero-order valence-corrected chi connectivity index (χ0v) is 12.8. The number of pyridine rings is 1. The van der Waals surface area contributed by atoms with Gasteiger partial charge in [0.15, 0.2) is 0 Å². The molecule has 0 fully saturated rings. The van der Waals surface area contributed by atoms with Crippen LogP contribution < -0.4 is 19.8 Å². The molecule has 0 aliphatic heterocycles. The first-order valence-corrected chi connectivity index (χ1v) is 6.46. The first kappa shape index (κ1) is 15.2. The second-order valence-electron chi connectivity index (χ2n) is 3.95. The minimum atomic E-state index is -0.923. The van der Waals surface area contributed by atoms with Crippen molar-refractivity contribution in [2.45, 2.75) is 6.42 Å². The first-order chi connectivity index (χ1) is 8.18. The minimum Gasteiger partial charge on any atom is -1.00 e. The Hall–Kier alpha value is -0.870. The summed E-state index contributed by atoms with van der Waals surface area (Å²) in [7, 11) is 0. The van der Waals surface area contributed by atoms with Crippen LogP contribution in [-0.2, 0) is 6.42 Å². The fraction of sp³-hybridized carbons (Fsp3) is 0.0769. The predicted octanol–water partition coefficient (Wildman–Crippen LogP) is -2.11. The molecule has 0 aliphatic rings. The van der Waals surface area contributed by atoms with Crippen molar-refractivity contribution in [2.24, 2.45) is 0 Å². The molecule has 0 radical (unpaired) electrons. The van der Waals surface area contributed by atoms with Crippen LogP contribution >= 0.6 is 0 Å². The van der Waals surface area contributed by atoms with Crippen LogP contribution in [0.3, 0.4) is 0 Å². The van der Waals surface area contributed by atoms with Crippen LogP contribution in [0, 0.1) is 0 Å². The van der Waals surface area contributed by atoms with E-state index in [0.29, 0.717) is 6.42 Å². The van der Waals surface area contributed by atoms with E-state index in [9.17, 15) is 4.79 Å². The maximum Gasteiger partial charge on any atom is -1.00 e. The van der Waals surface area contributed by atoms with Crippen LogP contribution in [0.5, 0.6) is 0 Å². The molecule has 3 nitrogen and oxygen atoms in total. The molecule has 0 unspecified atom stereocenters. The molecule has 0 aliphatic carbocycles. The second kappa shape index (κ2) is 6.90. The van der Waals surface area contributed by atoms with Crippen LogP contribution in [0.25, 0.3) is 0 Å². The van der Waals surface area contributed by atoms with E-state index in [2.05, 4.69) is 0 Å². The molecule has 1 aromatic carbocycles. The van der Waals surface area contributed by atoms with Gasteiger partial charge in [0.2, 0.25) is 0 Å². The topological polar surface area (TPSA) is 41.2 Å². The Kier molecular flexibility index (Phi) is 5.82. The molecule has 0 bridgehead atoms. The Morgan fingerprint density at radius 3 is 2.44 bits per heavy atom. The van der Waals surface area contributed by atoms with Gasteiger partial charge in [-0.2, -0.15) is 0 Å². The molecule has 1 aromatic heterocycles. The third-order valence-corrected chi connectivity index (χ3v) is 3.66. The number of hydrogen-bond acceptors (Lipinski definition) is 1. The third kappa shape index (κ3) is 3.56. The van der Waals surface area contributed by atoms with Crippen LogP contribution in [0.4, 0.5) is 4.79 Å². The Labute approximate surface area is 129 Å². The molecule has 1 heterocycles. The van der Waals surface area contributed by atoms with Gasteiger partial charge in [0.05, 0.1) is 0 Å². The van der Waals surface area contributed by atoms with Gasteiger partial charge < -0.3 is 12.4 Å². The van der Waals surface area contributed by atoms with Gasteiger partial charge in [-0.15, -0.1) is 0 Å². The van der Waals surface area contributed by atoms with Crippen molar-refractivity contribution in [3.8, 4) is 0 Å². The molecule has 0 saturated carbocycles. The summed E-state index contributed by atoms with van der Waals surface area (Å²) >= 11 is 0.846. The minimum absolute atomic E-state index is 0. The summed E-state index contributed by atoms with van der Waals surface area (Å²) in [4.78, 5) is 11.1. The maximum absolute atomic E-state index is 11.1. The van der Waals surface area contributed by atoms with Gasteiger partial charge in [-0.3, -0.25) is 0 Å². The number of carboxylic acid groups (broad SMARTS) is 1. The largest absolute Gasteiger partial charge is 1.00 e. The van der Waals surface area contributed by atoms with Crippen molar-refractivity contribution in [3.63, 3.8) is 0 Å². The molecule has 88 valence electrons. The summed E-state index contributed by atoms with van der Waals surface area (Å²) in [6.07, 6.45) is 1.34. The molecule has 18 heavy (non-hydrogen) atoms. The van der Waals surface area contributed by atoms with E-state index in [1.165, 1.54) is 4.57 Å². The number of benzene rings is 1. The molecule has 2 rings (SSSR count). The van der Waals surface area contributed by atoms with E-state index in [1.807, 2.05) is 36.4 Å². The Morgan fingerprint density at radius 1 is 1.17 bits per heavy atom. The number of carbonyl (C=O) groups is 1. The number of hydrogen-bond donors (Lipinski definition) is 1. The molecule has 1 N–H and O–H groups in total. The summed E-state index contributed by atoms with van der Waals surface area (Å²) in [5.41, 5.74) is 2.00. The van der Waals surface area contributed by atoms with Crippen molar-refractivity contribution >= 4 is 36.8 Å². The number of rotatable bonds is 2. The van der Waals surface area contributed by atoms with Crippen molar-refractivity contribution in [2.75, 3.05) is 0 Å². The summed E-state index contributed by atoms with van der Waals surface area (Å²) < 4.78 is 2.44. The Morgan fingerprint density at radius 2 is 1.83 bits per heavy atom. The Bertz CT molecular complexity index is 546. The predicted molar refractivity (Wildman–Crippen MR) is 64.7 cm³/mol. The molecule has 0 saturated heterocycles. The normalized spacial score (nSPS) is 9.67. The van der Waals surface area contributed by atoms with Crippen LogP contribution in [0.1, 0.15) is 11.3 Å². The summed E-state index contributed by atoms with van der Waals surface area (Å²) in [6.45, 7) is 0. The third-order valence-electron chi connectivity index (χ3n) is 2.75. The van der Waals surface area contributed by atoms with Gasteiger partial charge in [0, 0.05) is 0 Å². The summed E-state index contributed by atoms with van der Waals surface area (Å²) in [5.74, 6) is 0. The molecule has 0 atom stereocenters. The van der Waals surface area contributed by atoms with Gasteiger partial charge >= 0.3 is 118 Å². The van der Waals surface area contributed by atoms with E-state index in [-0.39, 0.29) is 12.4 Å². The first-order valence-electron chi connectivity index (χ1n) is 5.46. The zero-order valence-electron chi connectivity index (χ0n) is 10.0. The molecule has 5 heteroatoms. The number of nitrogens with zero attached hydrogens (tertiary/aromatic N) is 1. The monoisotopic (exact) mass is 271 g/mol. The van der Waals surface area contributed by atoms with Crippen LogP contribution in [0.15, 0.2) is 48.7 Å². The Balaban J connectivity index is 0.00000162. The van der Waals surface area contributed by atoms with Gasteiger partial charge in [-0.1, -0.05) is 0 Å². The van der Waals surface area contributed by atoms with Gasteiger partial charge in [-0.05, 0) is 0 Å². The van der Waals surface area contributed by atoms with E-state index < -0.39 is 6.09 Å². The number of aromatic nitrogens is 1. The fourth-order valence-corrected chi connectivity index (χ4v) is 2.45.